The van der Waals surface area contributed by atoms with Crippen molar-refractivity contribution in [1.29, 1.82) is 0 Å². The van der Waals surface area contributed by atoms with Gasteiger partial charge in [0.05, 0.1) is 6.42 Å². The van der Waals surface area contributed by atoms with Gasteiger partial charge in [-0.2, -0.15) is 0 Å². The van der Waals surface area contributed by atoms with Gasteiger partial charge in [-0.3, -0.25) is 20.4 Å². The second-order valence-corrected chi connectivity index (χ2v) is 7.42. The lowest BCUT2D eigenvalue weighted by Gasteiger charge is -2.10. The number of hydrogen-bond acceptors (Lipinski definition) is 3. The van der Waals surface area contributed by atoms with Crippen molar-refractivity contribution in [2.75, 3.05) is 0 Å². The first-order valence-corrected chi connectivity index (χ1v) is 10.1. The Labute approximate surface area is 184 Å². The quantitative estimate of drug-likeness (QED) is 0.394. The molecule has 0 unspecified atom stereocenters. The highest BCUT2D eigenvalue weighted by molar-refractivity contribution is 6.30. The lowest BCUT2D eigenvalue weighted by atomic mass is 10.1. The fourth-order valence-corrected chi connectivity index (χ4v) is 3.43. The van der Waals surface area contributed by atoms with Gasteiger partial charge in [0.1, 0.15) is 12.4 Å². The Morgan fingerprint density at radius 2 is 1.77 bits per heavy atom. The number of nitrogens with one attached hydrogen (secondary N) is 3. The van der Waals surface area contributed by atoms with Crippen LogP contribution in [-0.2, 0) is 17.8 Å². The number of hydrogen-bond donors (Lipinski definition) is 3. The van der Waals surface area contributed by atoms with Crippen LogP contribution in [0.25, 0.3) is 10.9 Å². The van der Waals surface area contributed by atoms with Crippen molar-refractivity contribution in [1.82, 2.24) is 15.8 Å². The minimum atomic E-state index is -0.430. The molecule has 0 bridgehead atoms. The molecule has 4 rings (SSSR count). The first kappa shape index (κ1) is 20.5. The summed E-state index contributed by atoms with van der Waals surface area (Å²) in [5.74, 6) is -0.204. The minimum Gasteiger partial charge on any atom is -0.489 e. The highest BCUT2D eigenvalue weighted by atomic mass is 35.5. The van der Waals surface area contributed by atoms with Crippen molar-refractivity contribution < 1.29 is 14.3 Å². The molecule has 0 atom stereocenters. The van der Waals surface area contributed by atoms with Gasteiger partial charge in [0.25, 0.3) is 5.91 Å². The Balaban J connectivity index is 1.32. The maximum atomic E-state index is 12.4. The molecule has 3 aromatic carbocycles. The van der Waals surface area contributed by atoms with E-state index in [2.05, 4.69) is 15.8 Å². The first-order valence-electron chi connectivity index (χ1n) is 9.70. The summed E-state index contributed by atoms with van der Waals surface area (Å²) in [6, 6.07) is 21.9. The van der Waals surface area contributed by atoms with Crippen LogP contribution in [-0.4, -0.2) is 16.8 Å². The highest BCUT2D eigenvalue weighted by Gasteiger charge is 2.11. The SMILES string of the molecule is O=C(Cc1c[nH]c2ccccc12)NNC(=O)c1cccc(OCc2cccc(Cl)c2)c1. The molecule has 7 heteroatoms. The molecule has 1 heterocycles. The standard InChI is InChI=1S/C24H20ClN3O3/c25-19-7-3-5-16(11-19)15-31-20-8-4-6-17(12-20)24(30)28-27-23(29)13-18-14-26-22-10-2-1-9-21(18)22/h1-12,14,26H,13,15H2,(H,27,29)(H,28,30). The number of aromatic nitrogens is 1. The number of rotatable bonds is 6. The predicted molar refractivity (Wildman–Crippen MR) is 120 cm³/mol. The summed E-state index contributed by atoms with van der Waals surface area (Å²) in [5.41, 5.74) is 8.02. The molecule has 6 nitrogen and oxygen atoms in total. The molecular weight excluding hydrogens is 414 g/mol. The highest BCUT2D eigenvalue weighted by Crippen LogP contribution is 2.18. The van der Waals surface area contributed by atoms with Gasteiger partial charge in [0.2, 0.25) is 5.91 Å². The summed E-state index contributed by atoms with van der Waals surface area (Å²) in [5, 5.41) is 1.62. The van der Waals surface area contributed by atoms with Gasteiger partial charge < -0.3 is 9.72 Å². The molecule has 31 heavy (non-hydrogen) atoms. The molecule has 2 amide bonds. The normalized spacial score (nSPS) is 10.6. The number of benzene rings is 3. The zero-order chi connectivity index (χ0) is 21.6. The Morgan fingerprint density at radius 3 is 2.65 bits per heavy atom. The third kappa shape index (κ3) is 5.24. The summed E-state index contributed by atoms with van der Waals surface area (Å²) in [6.45, 7) is 0.326. The summed E-state index contributed by atoms with van der Waals surface area (Å²) < 4.78 is 5.75. The van der Waals surface area contributed by atoms with E-state index >= 15 is 0 Å². The molecule has 3 N–H and O–H groups in total. The molecule has 0 saturated heterocycles. The number of carbonyl (C=O) groups excluding carboxylic acids is 2. The lowest BCUT2D eigenvalue weighted by molar-refractivity contribution is -0.121. The second kappa shape index (κ2) is 9.36. The number of H-pyrrole nitrogens is 1. The number of fused-ring (bicyclic) bond motifs is 1. The predicted octanol–water partition coefficient (Wildman–Crippen LogP) is 4.40. The van der Waals surface area contributed by atoms with Crippen LogP contribution in [0.2, 0.25) is 5.02 Å². The molecule has 0 aliphatic carbocycles. The van der Waals surface area contributed by atoms with Crippen molar-refractivity contribution in [2.45, 2.75) is 13.0 Å². The second-order valence-electron chi connectivity index (χ2n) is 6.99. The Hall–Kier alpha value is -3.77. The monoisotopic (exact) mass is 433 g/mol. The van der Waals surface area contributed by atoms with E-state index in [1.807, 2.05) is 42.5 Å². The molecule has 156 valence electrons. The van der Waals surface area contributed by atoms with E-state index in [4.69, 9.17) is 16.3 Å². The van der Waals surface area contributed by atoms with Crippen LogP contribution < -0.4 is 15.6 Å². The molecule has 0 aliphatic heterocycles. The fraction of sp³-hybridized carbons (Fsp3) is 0.0833. The van der Waals surface area contributed by atoms with Crippen molar-refractivity contribution in [3.63, 3.8) is 0 Å². The molecule has 0 aliphatic rings. The van der Waals surface area contributed by atoms with Gasteiger partial charge in [0, 0.05) is 27.7 Å². The number of hydrazine groups is 1. The van der Waals surface area contributed by atoms with Gasteiger partial charge in [-0.1, -0.05) is 48.0 Å². The van der Waals surface area contributed by atoms with Gasteiger partial charge in [0.15, 0.2) is 0 Å². The number of carbonyl (C=O) groups is 2. The summed E-state index contributed by atoms with van der Waals surface area (Å²) >= 11 is 5.98. The molecule has 4 aromatic rings. The third-order valence-electron chi connectivity index (χ3n) is 4.73. The molecule has 1 aromatic heterocycles. The van der Waals surface area contributed by atoms with Crippen molar-refractivity contribution in [3.8, 4) is 5.75 Å². The first-order chi connectivity index (χ1) is 15.1. The van der Waals surface area contributed by atoms with Crippen LogP contribution in [0, 0.1) is 0 Å². The van der Waals surface area contributed by atoms with Crippen molar-refractivity contribution in [3.05, 3.63) is 101 Å². The maximum absolute atomic E-state index is 12.4. The minimum absolute atomic E-state index is 0.146. The average molecular weight is 434 g/mol. The van der Waals surface area contributed by atoms with Gasteiger partial charge in [-0.15, -0.1) is 0 Å². The summed E-state index contributed by atoms with van der Waals surface area (Å²) in [7, 11) is 0. The summed E-state index contributed by atoms with van der Waals surface area (Å²) in [6.07, 6.45) is 1.94. The number of halogens is 1. The Morgan fingerprint density at radius 1 is 0.935 bits per heavy atom. The van der Waals surface area contributed by atoms with Crippen LogP contribution in [0.1, 0.15) is 21.5 Å². The number of ether oxygens (including phenoxy) is 1. The molecule has 0 saturated carbocycles. The van der Waals surface area contributed by atoms with Crippen molar-refractivity contribution >= 4 is 34.3 Å². The van der Waals surface area contributed by atoms with Crippen LogP contribution >= 0.6 is 11.6 Å². The molecule has 0 fully saturated rings. The average Bonchev–Trinajstić information content (AvgIpc) is 3.19. The number of para-hydroxylation sites is 1. The van der Waals surface area contributed by atoms with E-state index in [-0.39, 0.29) is 12.3 Å². The van der Waals surface area contributed by atoms with Gasteiger partial charge >= 0.3 is 0 Å². The number of amides is 2. The molecular formula is C24H20ClN3O3. The lowest BCUT2D eigenvalue weighted by Crippen LogP contribution is -2.42. The zero-order valence-electron chi connectivity index (χ0n) is 16.5. The van der Waals surface area contributed by atoms with Crippen molar-refractivity contribution in [2.24, 2.45) is 0 Å². The van der Waals surface area contributed by atoms with Gasteiger partial charge in [-0.25, -0.2) is 0 Å². The fourth-order valence-electron chi connectivity index (χ4n) is 3.21. The maximum Gasteiger partial charge on any atom is 0.269 e. The Kier molecular flexibility index (Phi) is 6.19. The number of aromatic amines is 1. The summed E-state index contributed by atoms with van der Waals surface area (Å²) in [4.78, 5) is 27.8. The Bertz CT molecular complexity index is 1240. The van der Waals surface area contributed by atoms with Crippen LogP contribution in [0.15, 0.2) is 79.0 Å². The zero-order valence-corrected chi connectivity index (χ0v) is 17.3. The van der Waals surface area contributed by atoms with Crippen LogP contribution in [0.4, 0.5) is 0 Å². The van der Waals surface area contributed by atoms with E-state index in [0.29, 0.717) is 22.9 Å². The third-order valence-corrected chi connectivity index (χ3v) is 4.97. The van der Waals surface area contributed by atoms with E-state index in [1.165, 1.54) is 0 Å². The van der Waals surface area contributed by atoms with E-state index < -0.39 is 5.91 Å². The van der Waals surface area contributed by atoms with E-state index in [0.717, 1.165) is 22.0 Å². The van der Waals surface area contributed by atoms with Crippen LogP contribution in [0.5, 0.6) is 5.75 Å². The molecule has 0 spiro atoms. The smallest absolute Gasteiger partial charge is 0.269 e. The van der Waals surface area contributed by atoms with E-state index in [1.54, 1.807) is 36.5 Å². The van der Waals surface area contributed by atoms with Gasteiger partial charge in [-0.05, 0) is 47.5 Å². The topological polar surface area (TPSA) is 83.2 Å². The van der Waals surface area contributed by atoms with Crippen LogP contribution in [0.3, 0.4) is 0 Å². The largest absolute Gasteiger partial charge is 0.489 e. The molecule has 0 radical (unpaired) electrons. The van der Waals surface area contributed by atoms with E-state index in [9.17, 15) is 9.59 Å².